The molecule has 0 aromatic rings. The van der Waals surface area contributed by atoms with Crippen molar-refractivity contribution in [2.75, 3.05) is 0 Å². The van der Waals surface area contributed by atoms with Gasteiger partial charge in [-0.1, -0.05) is 6.92 Å². The van der Waals surface area contributed by atoms with Crippen molar-refractivity contribution >= 4 is 13.1 Å². The summed E-state index contributed by atoms with van der Waals surface area (Å²) < 4.78 is 9.84. The predicted octanol–water partition coefficient (Wildman–Crippen LogP) is -0.773. The van der Waals surface area contributed by atoms with Crippen LogP contribution in [-0.4, -0.2) is 5.52 Å². The number of carbonyl (C=O) groups is 1. The first kappa shape index (κ1) is 8.82. The van der Waals surface area contributed by atoms with E-state index < -0.39 is 13.1 Å². The van der Waals surface area contributed by atoms with Gasteiger partial charge in [-0.3, -0.25) is 4.79 Å². The van der Waals surface area contributed by atoms with Gasteiger partial charge in [-0.15, -0.1) is 0 Å². The summed E-state index contributed by atoms with van der Waals surface area (Å²) in [7, 11) is -4.91. The highest BCUT2D eigenvalue weighted by atomic mass is 31.2. The van der Waals surface area contributed by atoms with E-state index in [-0.39, 0.29) is 6.42 Å². The maximum absolute atomic E-state index is 10.2. The van der Waals surface area contributed by atoms with Crippen LogP contribution in [0.15, 0.2) is 0 Å². The lowest BCUT2D eigenvalue weighted by Crippen LogP contribution is -2.21. The van der Waals surface area contributed by atoms with Crippen LogP contribution in [0.1, 0.15) is 19.8 Å². The zero-order chi connectivity index (χ0) is 7.49. The molecular formula is C4H7O4P-2. The summed E-state index contributed by atoms with van der Waals surface area (Å²) in [5.41, 5.74) is -1.19. The van der Waals surface area contributed by atoms with Crippen molar-refractivity contribution in [3.05, 3.63) is 0 Å². The van der Waals surface area contributed by atoms with E-state index in [0.717, 1.165) is 0 Å². The van der Waals surface area contributed by atoms with Crippen molar-refractivity contribution in [3.63, 3.8) is 0 Å². The van der Waals surface area contributed by atoms with E-state index in [0.29, 0.717) is 6.42 Å². The lowest BCUT2D eigenvalue weighted by Gasteiger charge is -2.26. The number of hydrogen-bond donors (Lipinski definition) is 0. The number of rotatable bonds is 3. The lowest BCUT2D eigenvalue weighted by atomic mass is 10.4. The van der Waals surface area contributed by atoms with Crippen LogP contribution in [0.4, 0.5) is 0 Å². The molecule has 0 spiro atoms. The molecule has 9 heavy (non-hydrogen) atoms. The van der Waals surface area contributed by atoms with Crippen LogP contribution in [0.25, 0.3) is 0 Å². The molecule has 0 unspecified atom stereocenters. The Labute approximate surface area is 53.0 Å². The zero-order valence-electron chi connectivity index (χ0n) is 4.99. The first-order valence-electron chi connectivity index (χ1n) is 2.54. The molecule has 0 heterocycles. The molecule has 5 heteroatoms. The molecule has 0 aromatic heterocycles. The first-order chi connectivity index (χ1) is 3.98. The average molecular weight is 150 g/mol. The normalized spacial score (nSPS) is 11.4. The van der Waals surface area contributed by atoms with E-state index in [1.807, 2.05) is 0 Å². The highest BCUT2D eigenvalue weighted by Gasteiger charge is 2.02. The molecule has 0 bridgehead atoms. The lowest BCUT2D eigenvalue weighted by molar-refractivity contribution is -0.310. The van der Waals surface area contributed by atoms with Gasteiger partial charge in [-0.25, -0.2) is 0 Å². The molecule has 0 aliphatic rings. The molecule has 0 aromatic carbocycles. The Bertz CT molecular complexity index is 147. The minimum absolute atomic E-state index is 0.162. The molecule has 54 valence electrons. The molecule has 4 nitrogen and oxygen atoms in total. The van der Waals surface area contributed by atoms with Crippen LogP contribution in [0.2, 0.25) is 0 Å². The molecule has 0 rings (SSSR count). The first-order valence-corrected chi connectivity index (χ1v) is 4.08. The van der Waals surface area contributed by atoms with Crippen LogP contribution < -0.4 is 9.79 Å². The Hall–Kier alpha value is -0.180. The highest BCUT2D eigenvalue weighted by Crippen LogP contribution is 2.26. The third kappa shape index (κ3) is 3.40. The third-order valence-corrected chi connectivity index (χ3v) is 1.60. The summed E-state index contributed by atoms with van der Waals surface area (Å²) in [5.74, 6) is 0. The average Bonchev–Trinajstić information content (AvgIpc) is 1.64. The van der Waals surface area contributed by atoms with Crippen molar-refractivity contribution in [2.45, 2.75) is 19.8 Å². The van der Waals surface area contributed by atoms with Gasteiger partial charge in [0.2, 0.25) is 0 Å². The van der Waals surface area contributed by atoms with E-state index in [4.69, 9.17) is 0 Å². The second kappa shape index (κ2) is 3.11. The Morgan fingerprint density at radius 3 is 2.11 bits per heavy atom. The Kier molecular flexibility index (Phi) is 3.04. The summed E-state index contributed by atoms with van der Waals surface area (Å²) in [5, 5.41) is 0. The topological polar surface area (TPSA) is 80.3 Å². The van der Waals surface area contributed by atoms with Gasteiger partial charge < -0.3 is 14.4 Å². The molecular weight excluding hydrogens is 143 g/mol. The van der Waals surface area contributed by atoms with Crippen molar-refractivity contribution < 1.29 is 19.1 Å². The summed E-state index contributed by atoms with van der Waals surface area (Å²) >= 11 is 0. The van der Waals surface area contributed by atoms with Gasteiger partial charge in [0.1, 0.15) is 0 Å². The van der Waals surface area contributed by atoms with Gasteiger partial charge in [-0.05, 0) is 6.42 Å². The predicted molar refractivity (Wildman–Crippen MR) is 27.5 cm³/mol. The summed E-state index contributed by atoms with van der Waals surface area (Å²) in [6.07, 6.45) is 0.234. The highest BCUT2D eigenvalue weighted by molar-refractivity contribution is 7.67. The van der Waals surface area contributed by atoms with Gasteiger partial charge in [-0.2, -0.15) is 0 Å². The standard InChI is InChI=1S/C4H9O4P/c1-2-3-4(5)9(6,7)8/h2-3H2,1H3,(H2,6,7,8)/p-2. The zero-order valence-corrected chi connectivity index (χ0v) is 5.89. The second-order valence-corrected chi connectivity index (χ2v) is 3.13. The van der Waals surface area contributed by atoms with Crippen LogP contribution in [0, 0.1) is 0 Å². The van der Waals surface area contributed by atoms with Gasteiger partial charge in [0, 0.05) is 14.0 Å². The Morgan fingerprint density at radius 1 is 1.56 bits per heavy atom. The quantitative estimate of drug-likeness (QED) is 0.494. The minimum Gasteiger partial charge on any atom is -0.805 e. The fourth-order valence-electron chi connectivity index (χ4n) is 0.351. The van der Waals surface area contributed by atoms with Crippen molar-refractivity contribution in [3.8, 4) is 0 Å². The third-order valence-electron chi connectivity index (χ3n) is 0.769. The maximum atomic E-state index is 10.2. The number of hydrogen-bond acceptors (Lipinski definition) is 4. The van der Waals surface area contributed by atoms with Gasteiger partial charge >= 0.3 is 0 Å². The molecule has 0 N–H and O–H groups in total. The second-order valence-electron chi connectivity index (χ2n) is 1.64. The van der Waals surface area contributed by atoms with E-state index in [1.165, 1.54) is 0 Å². The van der Waals surface area contributed by atoms with E-state index in [9.17, 15) is 19.1 Å². The SMILES string of the molecule is CCCC(=O)P(=O)([O-])[O-]. The largest absolute Gasteiger partial charge is 0.805 e. The van der Waals surface area contributed by atoms with Crippen LogP contribution in [-0.2, 0) is 9.36 Å². The van der Waals surface area contributed by atoms with Crippen molar-refractivity contribution in [2.24, 2.45) is 0 Å². The minimum atomic E-state index is -4.91. The van der Waals surface area contributed by atoms with Crippen LogP contribution in [0.3, 0.4) is 0 Å². The van der Waals surface area contributed by atoms with Crippen LogP contribution >= 0.6 is 7.60 Å². The fourth-order valence-corrected chi connectivity index (χ4v) is 0.848. The van der Waals surface area contributed by atoms with Crippen LogP contribution in [0.5, 0.6) is 0 Å². The molecule has 0 saturated carbocycles. The molecule has 0 aliphatic heterocycles. The molecule has 0 saturated heterocycles. The van der Waals surface area contributed by atoms with Gasteiger partial charge in [0.25, 0.3) is 0 Å². The van der Waals surface area contributed by atoms with E-state index in [2.05, 4.69) is 0 Å². The summed E-state index contributed by atoms with van der Waals surface area (Å²) in [6.45, 7) is 1.63. The number of carbonyl (C=O) groups excluding carboxylic acids is 1. The summed E-state index contributed by atoms with van der Waals surface area (Å²) in [4.78, 5) is 29.9. The molecule has 0 radical (unpaired) electrons. The van der Waals surface area contributed by atoms with Crippen molar-refractivity contribution in [1.29, 1.82) is 0 Å². The Balaban J connectivity index is 3.90. The molecule has 0 fully saturated rings. The molecule has 0 aliphatic carbocycles. The summed E-state index contributed by atoms with van der Waals surface area (Å²) in [6, 6.07) is 0. The molecule has 0 atom stereocenters. The fraction of sp³-hybridized carbons (Fsp3) is 0.750. The smallest absolute Gasteiger partial charge is 0.162 e. The Morgan fingerprint density at radius 2 is 2.00 bits per heavy atom. The van der Waals surface area contributed by atoms with Gasteiger partial charge in [0.05, 0.1) is 0 Å². The maximum Gasteiger partial charge on any atom is 0.162 e. The van der Waals surface area contributed by atoms with Gasteiger partial charge in [0.15, 0.2) is 5.52 Å². The molecule has 0 amide bonds. The van der Waals surface area contributed by atoms with E-state index >= 15 is 0 Å². The van der Waals surface area contributed by atoms with Crippen molar-refractivity contribution in [1.82, 2.24) is 0 Å². The van der Waals surface area contributed by atoms with E-state index in [1.54, 1.807) is 6.92 Å². The monoisotopic (exact) mass is 150 g/mol.